The molecule has 2 amide bonds. The molecule has 0 heterocycles. The Balaban J connectivity index is 1.87. The third-order valence-electron chi connectivity index (χ3n) is 3.34. The molecule has 0 saturated heterocycles. The smallest absolute Gasteiger partial charge is 0.228 e. The quantitative estimate of drug-likeness (QED) is 0.876. The summed E-state index contributed by atoms with van der Waals surface area (Å²) in [4.78, 5) is 23.7. The number of rotatable bonds is 5. The van der Waals surface area contributed by atoms with Gasteiger partial charge in [-0.05, 0) is 24.5 Å². The predicted molar refractivity (Wildman–Crippen MR) is 74.4 cm³/mol. The lowest BCUT2D eigenvalue weighted by Gasteiger charge is -2.08. The number of nitrogens with one attached hydrogen (secondary N) is 2. The molecule has 2 unspecified atom stereocenters. The summed E-state index contributed by atoms with van der Waals surface area (Å²) in [6.45, 7) is 4.53. The number of halogens is 2. The van der Waals surface area contributed by atoms with Gasteiger partial charge in [0.1, 0.15) is 11.6 Å². The average Bonchev–Trinajstić information content (AvgIpc) is 3.19. The Kier molecular flexibility index (Phi) is 4.55. The van der Waals surface area contributed by atoms with E-state index in [-0.39, 0.29) is 17.5 Å². The summed E-state index contributed by atoms with van der Waals surface area (Å²) in [5.41, 5.74) is -0.0744. The number of amides is 2. The molecule has 0 bridgehead atoms. The molecular formula is C15H18F2N2O2. The maximum Gasteiger partial charge on any atom is 0.228 e. The van der Waals surface area contributed by atoms with E-state index in [1.807, 2.05) is 13.8 Å². The van der Waals surface area contributed by atoms with Gasteiger partial charge in [-0.15, -0.1) is 0 Å². The van der Waals surface area contributed by atoms with Crippen LogP contribution in [0.3, 0.4) is 0 Å². The Morgan fingerprint density at radius 3 is 2.52 bits per heavy atom. The molecule has 114 valence electrons. The van der Waals surface area contributed by atoms with Crippen molar-refractivity contribution in [2.45, 2.75) is 20.3 Å². The van der Waals surface area contributed by atoms with E-state index < -0.39 is 23.5 Å². The van der Waals surface area contributed by atoms with Crippen molar-refractivity contribution in [3.05, 3.63) is 29.8 Å². The molecular weight excluding hydrogens is 278 g/mol. The zero-order chi connectivity index (χ0) is 15.6. The Labute approximate surface area is 121 Å². The van der Waals surface area contributed by atoms with Gasteiger partial charge in [0.2, 0.25) is 11.8 Å². The van der Waals surface area contributed by atoms with Crippen LogP contribution in [0.25, 0.3) is 0 Å². The number of carbonyl (C=O) groups excluding carboxylic acids is 2. The van der Waals surface area contributed by atoms with E-state index in [0.717, 1.165) is 6.07 Å². The first kappa shape index (κ1) is 15.4. The van der Waals surface area contributed by atoms with Crippen LogP contribution in [0.15, 0.2) is 18.2 Å². The molecule has 21 heavy (non-hydrogen) atoms. The van der Waals surface area contributed by atoms with E-state index in [2.05, 4.69) is 10.6 Å². The minimum Gasteiger partial charge on any atom is -0.356 e. The molecule has 0 aromatic heterocycles. The summed E-state index contributed by atoms with van der Waals surface area (Å²) >= 11 is 0. The van der Waals surface area contributed by atoms with Crippen LogP contribution in [0.2, 0.25) is 0 Å². The van der Waals surface area contributed by atoms with Crippen LogP contribution in [0.4, 0.5) is 14.5 Å². The molecule has 1 fully saturated rings. The third-order valence-corrected chi connectivity index (χ3v) is 3.34. The maximum absolute atomic E-state index is 13.4. The van der Waals surface area contributed by atoms with E-state index in [0.29, 0.717) is 24.9 Å². The molecule has 2 N–H and O–H groups in total. The molecule has 1 aliphatic rings. The van der Waals surface area contributed by atoms with Gasteiger partial charge in [0.25, 0.3) is 0 Å². The molecule has 0 aliphatic heterocycles. The Morgan fingerprint density at radius 2 is 1.90 bits per heavy atom. The summed E-state index contributed by atoms with van der Waals surface area (Å²) < 4.78 is 26.2. The highest BCUT2D eigenvalue weighted by atomic mass is 19.1. The highest BCUT2D eigenvalue weighted by Gasteiger charge is 2.48. The second kappa shape index (κ2) is 6.20. The van der Waals surface area contributed by atoms with E-state index in [1.54, 1.807) is 0 Å². The molecule has 1 aromatic carbocycles. The van der Waals surface area contributed by atoms with Gasteiger partial charge in [0, 0.05) is 12.6 Å². The fraction of sp³-hybridized carbons (Fsp3) is 0.467. The second-order valence-corrected chi connectivity index (χ2v) is 5.70. The molecule has 0 radical (unpaired) electrons. The van der Waals surface area contributed by atoms with Crippen molar-refractivity contribution in [1.82, 2.24) is 5.32 Å². The van der Waals surface area contributed by atoms with Gasteiger partial charge in [-0.3, -0.25) is 9.59 Å². The van der Waals surface area contributed by atoms with E-state index >= 15 is 0 Å². The molecule has 4 nitrogen and oxygen atoms in total. The Hall–Kier alpha value is -1.98. The SMILES string of the molecule is CC(C)CNC(=O)C1CC1C(=O)Nc1ccc(F)cc1F. The molecule has 1 aliphatic carbocycles. The summed E-state index contributed by atoms with van der Waals surface area (Å²) in [5.74, 6) is -2.55. The first-order valence-electron chi connectivity index (χ1n) is 6.92. The fourth-order valence-electron chi connectivity index (χ4n) is 2.03. The van der Waals surface area contributed by atoms with Crippen LogP contribution >= 0.6 is 0 Å². The number of hydrogen-bond donors (Lipinski definition) is 2. The average molecular weight is 296 g/mol. The first-order valence-corrected chi connectivity index (χ1v) is 6.92. The zero-order valence-corrected chi connectivity index (χ0v) is 12.0. The fourth-order valence-corrected chi connectivity index (χ4v) is 2.03. The van der Waals surface area contributed by atoms with Gasteiger partial charge in [0.05, 0.1) is 17.5 Å². The Morgan fingerprint density at radius 1 is 1.24 bits per heavy atom. The van der Waals surface area contributed by atoms with Crippen LogP contribution < -0.4 is 10.6 Å². The van der Waals surface area contributed by atoms with Crippen molar-refractivity contribution >= 4 is 17.5 Å². The van der Waals surface area contributed by atoms with Gasteiger partial charge >= 0.3 is 0 Å². The van der Waals surface area contributed by atoms with Crippen molar-refractivity contribution < 1.29 is 18.4 Å². The van der Waals surface area contributed by atoms with Gasteiger partial charge in [0.15, 0.2) is 0 Å². The van der Waals surface area contributed by atoms with Gasteiger partial charge in [-0.25, -0.2) is 8.78 Å². The van der Waals surface area contributed by atoms with Crippen molar-refractivity contribution in [3.8, 4) is 0 Å². The summed E-state index contributed by atoms with van der Waals surface area (Å²) in [7, 11) is 0. The maximum atomic E-state index is 13.4. The number of carbonyl (C=O) groups is 2. The lowest BCUT2D eigenvalue weighted by molar-refractivity contribution is -0.125. The summed E-state index contributed by atoms with van der Waals surface area (Å²) in [6, 6.07) is 2.94. The normalized spacial score (nSPS) is 20.2. The van der Waals surface area contributed by atoms with Crippen molar-refractivity contribution in [1.29, 1.82) is 0 Å². The van der Waals surface area contributed by atoms with Crippen LogP contribution in [0.1, 0.15) is 20.3 Å². The van der Waals surface area contributed by atoms with Crippen LogP contribution in [-0.2, 0) is 9.59 Å². The topological polar surface area (TPSA) is 58.2 Å². The standard InChI is InChI=1S/C15H18F2N2O2/c1-8(2)7-18-14(20)10-6-11(10)15(21)19-13-4-3-9(16)5-12(13)17/h3-5,8,10-11H,6-7H2,1-2H3,(H,18,20)(H,19,21). The minimum atomic E-state index is -0.829. The number of benzene rings is 1. The summed E-state index contributed by atoms with van der Waals surface area (Å²) in [6.07, 6.45) is 0.457. The van der Waals surface area contributed by atoms with Crippen molar-refractivity contribution in [2.24, 2.45) is 17.8 Å². The van der Waals surface area contributed by atoms with Gasteiger partial charge < -0.3 is 10.6 Å². The first-order chi connectivity index (χ1) is 9.88. The van der Waals surface area contributed by atoms with Gasteiger partial charge in [-0.2, -0.15) is 0 Å². The zero-order valence-electron chi connectivity index (χ0n) is 12.0. The predicted octanol–water partition coefficient (Wildman–Crippen LogP) is 2.31. The number of anilines is 1. The second-order valence-electron chi connectivity index (χ2n) is 5.70. The highest BCUT2D eigenvalue weighted by molar-refractivity contribution is 5.99. The van der Waals surface area contributed by atoms with E-state index in [1.165, 1.54) is 6.07 Å². The molecule has 2 rings (SSSR count). The largest absolute Gasteiger partial charge is 0.356 e. The lowest BCUT2D eigenvalue weighted by Crippen LogP contribution is -2.30. The van der Waals surface area contributed by atoms with Gasteiger partial charge in [-0.1, -0.05) is 13.8 Å². The van der Waals surface area contributed by atoms with Crippen molar-refractivity contribution in [2.75, 3.05) is 11.9 Å². The Bertz CT molecular complexity index is 561. The number of hydrogen-bond acceptors (Lipinski definition) is 2. The summed E-state index contributed by atoms with van der Waals surface area (Å²) in [5, 5.41) is 5.16. The molecule has 1 aromatic rings. The van der Waals surface area contributed by atoms with Crippen LogP contribution in [-0.4, -0.2) is 18.4 Å². The lowest BCUT2D eigenvalue weighted by atomic mass is 10.2. The molecule has 2 atom stereocenters. The molecule has 6 heteroatoms. The minimum absolute atomic E-state index is 0.0744. The van der Waals surface area contributed by atoms with Crippen LogP contribution in [0.5, 0.6) is 0 Å². The highest BCUT2D eigenvalue weighted by Crippen LogP contribution is 2.39. The third kappa shape index (κ3) is 4.00. The monoisotopic (exact) mass is 296 g/mol. The van der Waals surface area contributed by atoms with Crippen molar-refractivity contribution in [3.63, 3.8) is 0 Å². The molecule has 0 spiro atoms. The van der Waals surface area contributed by atoms with Crippen LogP contribution in [0, 0.1) is 29.4 Å². The molecule has 1 saturated carbocycles. The van der Waals surface area contributed by atoms with E-state index in [4.69, 9.17) is 0 Å². The van der Waals surface area contributed by atoms with E-state index in [9.17, 15) is 18.4 Å².